The summed E-state index contributed by atoms with van der Waals surface area (Å²) in [5.41, 5.74) is 1.56. The van der Waals surface area contributed by atoms with E-state index in [1.165, 1.54) is 35.1 Å². The number of fused-ring (bicyclic) bond motifs is 1. The highest BCUT2D eigenvalue weighted by atomic mass is 32.1. The highest BCUT2D eigenvalue weighted by Crippen LogP contribution is 2.22. The van der Waals surface area contributed by atoms with Crippen LogP contribution in [0.5, 0.6) is 11.5 Å². The molecule has 2 heterocycles. The summed E-state index contributed by atoms with van der Waals surface area (Å²) >= 11 is 1.33. The van der Waals surface area contributed by atoms with Crippen molar-refractivity contribution in [1.82, 2.24) is 14.6 Å². The molecule has 2 aromatic carbocycles. The third kappa shape index (κ3) is 5.83. The number of ether oxygens (including phenoxy) is 2. The second-order valence-electron chi connectivity index (χ2n) is 8.22. The van der Waals surface area contributed by atoms with Gasteiger partial charge >= 0.3 is 0 Å². The molecule has 0 aliphatic heterocycles. The van der Waals surface area contributed by atoms with Gasteiger partial charge in [0.15, 0.2) is 5.82 Å². The van der Waals surface area contributed by atoms with Crippen LogP contribution in [0.15, 0.2) is 53.3 Å². The molecule has 0 saturated heterocycles. The van der Waals surface area contributed by atoms with Crippen LogP contribution in [-0.4, -0.2) is 27.8 Å². The molecule has 0 N–H and O–H groups in total. The number of hydrogen-bond donors (Lipinski definition) is 0. The number of thiazole rings is 1. The molecule has 0 unspecified atom stereocenters. The van der Waals surface area contributed by atoms with Crippen molar-refractivity contribution in [3.63, 3.8) is 0 Å². The molecule has 7 heteroatoms. The summed E-state index contributed by atoms with van der Waals surface area (Å²) in [5, 5.41) is 4.46. The van der Waals surface area contributed by atoms with Crippen LogP contribution in [0.2, 0.25) is 0 Å². The van der Waals surface area contributed by atoms with E-state index >= 15 is 0 Å². The minimum atomic E-state index is -0.172. The minimum absolute atomic E-state index is 0.172. The van der Waals surface area contributed by atoms with Crippen molar-refractivity contribution in [3.05, 3.63) is 69.0 Å². The lowest BCUT2D eigenvalue weighted by atomic mass is 10.2. The SMILES string of the molecule is CCCCCCOc1ccc(-c2nc3s/c(=C\c4ccccc4OCCCC)c(=O)n3n2)cc1. The topological polar surface area (TPSA) is 65.7 Å². The summed E-state index contributed by atoms with van der Waals surface area (Å²) in [5.74, 6) is 2.15. The molecule has 4 rings (SSSR count). The molecule has 2 aromatic heterocycles. The Kier molecular flexibility index (Phi) is 8.31. The van der Waals surface area contributed by atoms with E-state index in [4.69, 9.17) is 9.47 Å². The molecule has 0 spiro atoms. The molecule has 0 radical (unpaired) electrons. The summed E-state index contributed by atoms with van der Waals surface area (Å²) in [7, 11) is 0. The van der Waals surface area contributed by atoms with Crippen LogP contribution in [0.25, 0.3) is 22.4 Å². The van der Waals surface area contributed by atoms with Crippen molar-refractivity contribution in [2.45, 2.75) is 52.4 Å². The minimum Gasteiger partial charge on any atom is -0.494 e. The number of aromatic nitrogens is 3. The van der Waals surface area contributed by atoms with Crippen LogP contribution in [-0.2, 0) is 0 Å². The predicted octanol–water partition coefficient (Wildman–Crippen LogP) is 5.50. The van der Waals surface area contributed by atoms with Crippen LogP contribution in [0.3, 0.4) is 0 Å². The number of para-hydroxylation sites is 1. The Balaban J connectivity index is 1.50. The van der Waals surface area contributed by atoms with Crippen LogP contribution in [0.1, 0.15) is 57.9 Å². The third-order valence-electron chi connectivity index (χ3n) is 5.52. The molecular weight excluding hydrogens is 446 g/mol. The Labute approximate surface area is 203 Å². The first-order valence-electron chi connectivity index (χ1n) is 12.1. The number of hydrogen-bond acceptors (Lipinski definition) is 6. The Morgan fingerprint density at radius 3 is 2.44 bits per heavy atom. The van der Waals surface area contributed by atoms with Crippen molar-refractivity contribution in [3.8, 4) is 22.9 Å². The zero-order valence-electron chi connectivity index (χ0n) is 19.8. The normalized spacial score (nSPS) is 11.9. The van der Waals surface area contributed by atoms with Crippen LogP contribution in [0, 0.1) is 0 Å². The van der Waals surface area contributed by atoms with Gasteiger partial charge in [-0.05, 0) is 49.2 Å². The lowest BCUT2D eigenvalue weighted by molar-refractivity contribution is 0.305. The molecule has 0 amide bonds. The van der Waals surface area contributed by atoms with Gasteiger partial charge < -0.3 is 9.47 Å². The van der Waals surface area contributed by atoms with Crippen molar-refractivity contribution >= 4 is 22.4 Å². The van der Waals surface area contributed by atoms with Crippen LogP contribution >= 0.6 is 11.3 Å². The molecule has 0 bridgehead atoms. The quantitative estimate of drug-likeness (QED) is 0.252. The molecule has 0 aliphatic rings. The number of benzene rings is 2. The largest absolute Gasteiger partial charge is 0.494 e. The van der Waals surface area contributed by atoms with Crippen molar-refractivity contribution in [2.75, 3.05) is 13.2 Å². The van der Waals surface area contributed by atoms with Gasteiger partial charge in [-0.3, -0.25) is 4.79 Å². The second kappa shape index (κ2) is 11.8. The standard InChI is InChI=1S/C27H31N3O3S/c1-3-5-7-10-18-32-22-15-13-20(14-16-22)25-28-27-30(29-25)26(31)24(34-27)19-21-11-8-9-12-23(21)33-17-6-4-2/h8-9,11-16,19H,3-7,10,17-18H2,1-2H3/b24-19-. The molecule has 34 heavy (non-hydrogen) atoms. The summed E-state index contributed by atoms with van der Waals surface area (Å²) in [4.78, 5) is 18.1. The Morgan fingerprint density at radius 2 is 1.68 bits per heavy atom. The maximum Gasteiger partial charge on any atom is 0.291 e. The lowest BCUT2D eigenvalue weighted by Crippen LogP contribution is -2.23. The first-order chi connectivity index (χ1) is 16.7. The number of rotatable bonds is 12. The fraction of sp³-hybridized carbons (Fsp3) is 0.370. The van der Waals surface area contributed by atoms with Gasteiger partial charge in [-0.2, -0.15) is 9.50 Å². The van der Waals surface area contributed by atoms with Gasteiger partial charge in [-0.25, -0.2) is 0 Å². The van der Waals surface area contributed by atoms with Gasteiger partial charge in [0.05, 0.1) is 17.7 Å². The maximum atomic E-state index is 13.0. The monoisotopic (exact) mass is 477 g/mol. The number of unbranched alkanes of at least 4 members (excludes halogenated alkanes) is 4. The number of nitrogens with zero attached hydrogens (tertiary/aromatic N) is 3. The molecule has 6 nitrogen and oxygen atoms in total. The van der Waals surface area contributed by atoms with E-state index < -0.39 is 0 Å². The fourth-order valence-electron chi connectivity index (χ4n) is 3.57. The van der Waals surface area contributed by atoms with Gasteiger partial charge in [0.2, 0.25) is 4.96 Å². The second-order valence-corrected chi connectivity index (χ2v) is 9.23. The first kappa shape index (κ1) is 24.0. The summed E-state index contributed by atoms with van der Waals surface area (Å²) in [6.45, 7) is 5.72. The van der Waals surface area contributed by atoms with Crippen molar-refractivity contribution < 1.29 is 9.47 Å². The van der Waals surface area contributed by atoms with Crippen LogP contribution in [0.4, 0.5) is 0 Å². The summed E-state index contributed by atoms with van der Waals surface area (Å²) in [6, 6.07) is 15.5. The van der Waals surface area contributed by atoms with E-state index in [2.05, 4.69) is 23.9 Å². The summed E-state index contributed by atoms with van der Waals surface area (Å²) in [6.07, 6.45) is 8.64. The highest BCUT2D eigenvalue weighted by molar-refractivity contribution is 7.15. The van der Waals surface area contributed by atoms with Gasteiger partial charge in [-0.1, -0.05) is 69.1 Å². The Morgan fingerprint density at radius 1 is 0.912 bits per heavy atom. The highest BCUT2D eigenvalue weighted by Gasteiger charge is 2.13. The average molecular weight is 478 g/mol. The smallest absolute Gasteiger partial charge is 0.291 e. The lowest BCUT2D eigenvalue weighted by Gasteiger charge is -2.07. The molecule has 0 fully saturated rings. The zero-order chi connectivity index (χ0) is 23.8. The van der Waals surface area contributed by atoms with Crippen molar-refractivity contribution in [2.24, 2.45) is 0 Å². The van der Waals surface area contributed by atoms with Gasteiger partial charge in [0.1, 0.15) is 11.5 Å². The van der Waals surface area contributed by atoms with E-state index in [-0.39, 0.29) is 5.56 Å². The van der Waals surface area contributed by atoms with E-state index in [9.17, 15) is 4.79 Å². The molecule has 178 valence electrons. The Hall–Kier alpha value is -3.19. The predicted molar refractivity (Wildman–Crippen MR) is 138 cm³/mol. The first-order valence-corrected chi connectivity index (χ1v) is 12.9. The van der Waals surface area contributed by atoms with Crippen molar-refractivity contribution in [1.29, 1.82) is 0 Å². The van der Waals surface area contributed by atoms with E-state index in [0.717, 1.165) is 48.5 Å². The van der Waals surface area contributed by atoms with Crippen LogP contribution < -0.4 is 19.6 Å². The maximum absolute atomic E-state index is 13.0. The van der Waals surface area contributed by atoms with Gasteiger partial charge in [-0.15, -0.1) is 5.10 Å². The molecule has 0 saturated carbocycles. The fourth-order valence-corrected chi connectivity index (χ4v) is 4.47. The Bertz CT molecular complexity index is 1310. The summed E-state index contributed by atoms with van der Waals surface area (Å²) < 4.78 is 13.7. The molecule has 0 atom stereocenters. The van der Waals surface area contributed by atoms with E-state index in [1.54, 1.807) is 0 Å². The third-order valence-corrected chi connectivity index (χ3v) is 6.48. The van der Waals surface area contributed by atoms with E-state index in [0.29, 0.717) is 21.9 Å². The van der Waals surface area contributed by atoms with Gasteiger partial charge in [0.25, 0.3) is 5.56 Å². The molecule has 4 aromatic rings. The average Bonchev–Trinajstić information content (AvgIpc) is 3.40. The van der Waals surface area contributed by atoms with Gasteiger partial charge in [0, 0.05) is 11.1 Å². The zero-order valence-corrected chi connectivity index (χ0v) is 20.6. The molecular formula is C27H31N3O3S. The van der Waals surface area contributed by atoms with E-state index in [1.807, 2.05) is 54.6 Å². The molecule has 0 aliphatic carbocycles.